The van der Waals surface area contributed by atoms with Crippen molar-refractivity contribution in [3.63, 3.8) is 0 Å². The van der Waals surface area contributed by atoms with Crippen molar-refractivity contribution < 1.29 is 19.1 Å². The summed E-state index contributed by atoms with van der Waals surface area (Å²) in [4.78, 5) is 42.1. The minimum Gasteiger partial charge on any atom is -0.444 e. The maximum absolute atomic E-state index is 14.1. The Morgan fingerprint density at radius 3 is 2.24 bits per heavy atom. The fourth-order valence-electron chi connectivity index (χ4n) is 4.17. The predicted octanol–water partition coefficient (Wildman–Crippen LogP) is 5.32. The summed E-state index contributed by atoms with van der Waals surface area (Å²) in [7, 11) is 0. The van der Waals surface area contributed by atoms with Crippen molar-refractivity contribution in [1.29, 1.82) is 0 Å². The fraction of sp³-hybridized carbons (Fsp3) is 0.433. The number of carbonyl (C=O) groups excluding carboxylic acids is 3. The first kappa shape index (κ1) is 31.0. The summed E-state index contributed by atoms with van der Waals surface area (Å²) in [6.45, 7) is 13.5. The maximum Gasteiger partial charge on any atom is 0.408 e. The van der Waals surface area contributed by atoms with Crippen LogP contribution >= 0.6 is 11.8 Å². The van der Waals surface area contributed by atoms with Gasteiger partial charge in [0.25, 0.3) is 0 Å². The molecule has 0 radical (unpaired) electrons. The molecule has 2 atom stereocenters. The average molecular weight is 540 g/mol. The normalized spacial score (nSPS) is 12.7. The zero-order chi connectivity index (χ0) is 28.3. The lowest BCUT2D eigenvalue weighted by molar-refractivity contribution is -0.142. The lowest BCUT2D eigenvalue weighted by atomic mass is 9.93. The Hall–Kier alpha value is -3.26. The number of benzene rings is 2. The van der Waals surface area contributed by atoms with Gasteiger partial charge in [0.05, 0.1) is 0 Å². The third kappa shape index (κ3) is 9.24. The maximum atomic E-state index is 14.1. The van der Waals surface area contributed by atoms with E-state index in [1.165, 1.54) is 4.90 Å². The molecule has 2 unspecified atom stereocenters. The zero-order valence-corrected chi connectivity index (χ0v) is 24.2. The van der Waals surface area contributed by atoms with Gasteiger partial charge >= 0.3 is 6.09 Å². The summed E-state index contributed by atoms with van der Waals surface area (Å²) in [6, 6.07) is 13.6. The lowest BCUT2D eigenvalue weighted by Gasteiger charge is -2.35. The van der Waals surface area contributed by atoms with E-state index >= 15 is 0 Å². The zero-order valence-electron chi connectivity index (χ0n) is 23.4. The number of thioether (sulfide) groups is 1. The van der Waals surface area contributed by atoms with Gasteiger partial charge in [-0.15, -0.1) is 6.58 Å². The molecule has 2 aromatic carbocycles. The van der Waals surface area contributed by atoms with Gasteiger partial charge in [-0.3, -0.25) is 9.59 Å². The molecule has 0 saturated heterocycles. The summed E-state index contributed by atoms with van der Waals surface area (Å²) < 4.78 is 5.43. The molecule has 0 heterocycles. The third-order valence-corrected chi connectivity index (χ3v) is 6.54. The topological polar surface area (TPSA) is 87.7 Å². The second kappa shape index (κ2) is 14.6. The Bertz CT molecular complexity index is 1080. The van der Waals surface area contributed by atoms with Crippen LogP contribution in [0.1, 0.15) is 55.5 Å². The molecular formula is C30H41N3O4S. The SMILES string of the molecule is C=CCN(C(=O)C(CCSC)NC(=O)OC(C)(C)C)C(C(=O)NCc1ccccc1)c1c(C)cccc1C. The van der Waals surface area contributed by atoms with E-state index in [-0.39, 0.29) is 18.4 Å². The van der Waals surface area contributed by atoms with E-state index in [1.807, 2.05) is 68.6 Å². The van der Waals surface area contributed by atoms with Crippen molar-refractivity contribution >= 4 is 29.7 Å². The minimum atomic E-state index is -0.914. The van der Waals surface area contributed by atoms with Crippen LogP contribution in [0.25, 0.3) is 0 Å². The van der Waals surface area contributed by atoms with Crippen LogP contribution < -0.4 is 10.6 Å². The van der Waals surface area contributed by atoms with E-state index in [2.05, 4.69) is 17.2 Å². The molecule has 3 amide bonds. The molecule has 2 aromatic rings. The molecule has 0 spiro atoms. The summed E-state index contributed by atoms with van der Waals surface area (Å²) in [5.41, 5.74) is 2.79. The fourth-order valence-corrected chi connectivity index (χ4v) is 4.65. The second-order valence-electron chi connectivity index (χ2n) is 10.2. The van der Waals surface area contributed by atoms with Crippen LogP contribution in [0, 0.1) is 13.8 Å². The lowest BCUT2D eigenvalue weighted by Crippen LogP contribution is -2.53. The molecule has 2 N–H and O–H groups in total. The van der Waals surface area contributed by atoms with Crippen LogP contribution in [0.3, 0.4) is 0 Å². The van der Waals surface area contributed by atoms with Crippen LogP contribution in [-0.2, 0) is 20.9 Å². The molecule has 0 fully saturated rings. The van der Waals surface area contributed by atoms with Gasteiger partial charge in [0.15, 0.2) is 0 Å². The van der Waals surface area contributed by atoms with E-state index in [9.17, 15) is 14.4 Å². The number of nitrogens with zero attached hydrogens (tertiary/aromatic N) is 1. The molecule has 38 heavy (non-hydrogen) atoms. The highest BCUT2D eigenvalue weighted by molar-refractivity contribution is 7.98. The van der Waals surface area contributed by atoms with Crippen molar-refractivity contribution in [2.24, 2.45) is 0 Å². The standard InChI is InChI=1S/C30H41N3O4S/c1-8-18-33(28(35)24(17-19-38-7)32-29(36)37-30(4,5)6)26(25-21(2)13-12-14-22(25)3)27(34)31-20-23-15-10-9-11-16-23/h8-16,24,26H,1,17-20H2,2-7H3,(H,31,34)(H,32,36). The molecule has 0 aliphatic rings. The largest absolute Gasteiger partial charge is 0.444 e. The molecular weight excluding hydrogens is 498 g/mol. The highest BCUT2D eigenvalue weighted by Crippen LogP contribution is 2.29. The van der Waals surface area contributed by atoms with Crippen LogP contribution in [0.15, 0.2) is 61.2 Å². The Kier molecular flexibility index (Phi) is 11.9. The number of aryl methyl sites for hydroxylation is 2. The molecule has 206 valence electrons. The molecule has 0 aromatic heterocycles. The molecule has 2 rings (SSSR count). The average Bonchev–Trinajstić information content (AvgIpc) is 2.85. The monoisotopic (exact) mass is 539 g/mol. The summed E-state index contributed by atoms with van der Waals surface area (Å²) in [6.07, 6.45) is 3.25. The number of alkyl carbamates (subject to hydrolysis) is 1. The van der Waals surface area contributed by atoms with Gasteiger partial charge in [-0.2, -0.15) is 11.8 Å². The van der Waals surface area contributed by atoms with Crippen LogP contribution in [0.2, 0.25) is 0 Å². The van der Waals surface area contributed by atoms with Gasteiger partial charge < -0.3 is 20.3 Å². The Morgan fingerprint density at radius 1 is 1.05 bits per heavy atom. The van der Waals surface area contributed by atoms with E-state index in [0.29, 0.717) is 18.7 Å². The second-order valence-corrected chi connectivity index (χ2v) is 11.2. The van der Waals surface area contributed by atoms with Crippen molar-refractivity contribution in [1.82, 2.24) is 15.5 Å². The number of ether oxygens (including phenoxy) is 1. The third-order valence-electron chi connectivity index (χ3n) is 5.89. The number of hydrogen-bond acceptors (Lipinski definition) is 5. The van der Waals surface area contributed by atoms with Gasteiger partial charge in [0, 0.05) is 13.1 Å². The Morgan fingerprint density at radius 2 is 1.68 bits per heavy atom. The Balaban J connectivity index is 2.48. The number of carbonyl (C=O) groups is 3. The highest BCUT2D eigenvalue weighted by Gasteiger charge is 2.36. The van der Waals surface area contributed by atoms with Crippen LogP contribution in [0.5, 0.6) is 0 Å². The van der Waals surface area contributed by atoms with Gasteiger partial charge in [0.1, 0.15) is 17.7 Å². The van der Waals surface area contributed by atoms with Crippen molar-refractivity contribution in [2.45, 2.75) is 65.3 Å². The van der Waals surface area contributed by atoms with Crippen LogP contribution in [-0.4, -0.2) is 53.0 Å². The highest BCUT2D eigenvalue weighted by atomic mass is 32.2. The molecule has 8 heteroatoms. The van der Waals surface area contributed by atoms with Gasteiger partial charge in [0.2, 0.25) is 11.8 Å². The summed E-state index contributed by atoms with van der Waals surface area (Å²) >= 11 is 1.57. The molecule has 0 aliphatic heterocycles. The van der Waals surface area contributed by atoms with E-state index in [4.69, 9.17) is 4.74 Å². The van der Waals surface area contributed by atoms with E-state index < -0.39 is 23.8 Å². The summed E-state index contributed by atoms with van der Waals surface area (Å²) in [5.74, 6) is -0.0303. The van der Waals surface area contributed by atoms with Crippen LogP contribution in [0.4, 0.5) is 4.79 Å². The van der Waals surface area contributed by atoms with Crippen molar-refractivity contribution in [3.8, 4) is 0 Å². The summed E-state index contributed by atoms with van der Waals surface area (Å²) in [5, 5.41) is 5.76. The first-order chi connectivity index (χ1) is 18.0. The Labute approximate surface area is 231 Å². The van der Waals surface area contributed by atoms with Gasteiger partial charge in [-0.25, -0.2) is 4.79 Å². The number of hydrogen-bond donors (Lipinski definition) is 2. The first-order valence-corrected chi connectivity index (χ1v) is 14.2. The quantitative estimate of drug-likeness (QED) is 0.357. The molecule has 0 bridgehead atoms. The van der Waals surface area contributed by atoms with E-state index in [0.717, 1.165) is 22.3 Å². The molecule has 0 aliphatic carbocycles. The van der Waals surface area contributed by atoms with E-state index in [1.54, 1.807) is 38.6 Å². The predicted molar refractivity (Wildman–Crippen MR) is 155 cm³/mol. The van der Waals surface area contributed by atoms with Crippen molar-refractivity contribution in [3.05, 3.63) is 83.4 Å². The molecule has 7 nitrogen and oxygen atoms in total. The first-order valence-electron chi connectivity index (χ1n) is 12.8. The van der Waals surface area contributed by atoms with Gasteiger partial charge in [-0.1, -0.05) is 54.6 Å². The molecule has 0 saturated carbocycles. The van der Waals surface area contributed by atoms with Crippen molar-refractivity contribution in [2.75, 3.05) is 18.6 Å². The number of nitrogens with one attached hydrogen (secondary N) is 2. The smallest absolute Gasteiger partial charge is 0.408 e. The number of amides is 3. The minimum absolute atomic E-state index is 0.127. The number of rotatable bonds is 12. The van der Waals surface area contributed by atoms with Gasteiger partial charge in [-0.05, 0) is 75.3 Å².